The van der Waals surface area contributed by atoms with E-state index in [1.165, 1.54) is 11.0 Å². The first-order valence-corrected chi connectivity index (χ1v) is 11.0. The van der Waals surface area contributed by atoms with E-state index in [0.717, 1.165) is 17.0 Å². The third-order valence-corrected chi connectivity index (χ3v) is 6.39. The number of nitrogens with one attached hydrogen (secondary N) is 1. The third kappa shape index (κ3) is 5.17. The van der Waals surface area contributed by atoms with Gasteiger partial charge < -0.3 is 39.7 Å². The van der Waals surface area contributed by atoms with Gasteiger partial charge in [-0.15, -0.1) is 0 Å². The number of likely N-dealkylation sites (tertiary alicyclic amines) is 2. The molecule has 14 heteroatoms. The fourth-order valence-corrected chi connectivity index (χ4v) is 4.29. The molecule has 1 aromatic rings. The van der Waals surface area contributed by atoms with Gasteiger partial charge in [0.05, 0.1) is 6.04 Å². The van der Waals surface area contributed by atoms with E-state index in [9.17, 15) is 43.3 Å². The topological polar surface area (TPSA) is 194 Å². The Hall–Kier alpha value is -3.39. The molecule has 5 N–H and O–H groups in total. The second-order valence-corrected chi connectivity index (χ2v) is 8.97. The molecule has 0 bridgehead atoms. The second-order valence-electron chi connectivity index (χ2n) is 7.81. The predicted octanol–water partition coefficient (Wildman–Crippen LogP) is -0.687. The van der Waals surface area contributed by atoms with Gasteiger partial charge in [-0.25, -0.2) is 13.8 Å². The maximum Gasteiger partial charge on any atom is 0.409 e. The Labute approximate surface area is 190 Å². The van der Waals surface area contributed by atoms with Gasteiger partial charge in [0, 0.05) is 31.1 Å². The molecule has 2 aliphatic heterocycles. The summed E-state index contributed by atoms with van der Waals surface area (Å²) >= 11 is -2.69. The van der Waals surface area contributed by atoms with Crippen LogP contribution in [-0.2, 0) is 25.4 Å². The quantitative estimate of drug-likeness (QED) is 0.179. The number of carbonyl (C=O) groups excluding carboxylic acids is 3. The molecular formula is C19H23N3O10S. The van der Waals surface area contributed by atoms with E-state index in [4.69, 9.17) is 4.74 Å². The summed E-state index contributed by atoms with van der Waals surface area (Å²) < 4.78 is 26.3. The molecule has 180 valence electrons. The summed E-state index contributed by atoms with van der Waals surface area (Å²) in [7, 11) is 0. The van der Waals surface area contributed by atoms with Crippen molar-refractivity contribution in [1.29, 1.82) is 0 Å². The molecular weight excluding hydrogens is 462 g/mol. The average Bonchev–Trinajstić information content (AvgIpc) is 2.70. The van der Waals surface area contributed by atoms with Crippen molar-refractivity contribution >= 4 is 35.0 Å². The largest absolute Gasteiger partial charge is 0.504 e. The number of nitrogens with zero attached hydrogens (tertiary/aromatic N) is 2. The van der Waals surface area contributed by atoms with Gasteiger partial charge in [0.25, 0.3) is 5.91 Å². The lowest BCUT2D eigenvalue weighted by atomic mass is 9.98. The Kier molecular flexibility index (Phi) is 7.07. The smallest absolute Gasteiger partial charge is 0.409 e. The van der Waals surface area contributed by atoms with E-state index in [-0.39, 0.29) is 30.8 Å². The lowest BCUT2D eigenvalue weighted by Gasteiger charge is -2.44. The molecule has 4 atom stereocenters. The van der Waals surface area contributed by atoms with Gasteiger partial charge in [0.1, 0.15) is 17.9 Å². The minimum Gasteiger partial charge on any atom is -0.504 e. The Bertz CT molecular complexity index is 996. The summed E-state index contributed by atoms with van der Waals surface area (Å²) in [6.07, 6.45) is -0.746. The number of carboxylic acids is 1. The Balaban J connectivity index is 1.51. The lowest BCUT2D eigenvalue weighted by molar-refractivity contribution is -0.161. The number of hydrogen-bond donors (Lipinski definition) is 5. The van der Waals surface area contributed by atoms with Crippen LogP contribution in [0.15, 0.2) is 18.2 Å². The maximum atomic E-state index is 12.2. The van der Waals surface area contributed by atoms with Crippen LogP contribution in [0.2, 0.25) is 0 Å². The van der Waals surface area contributed by atoms with Crippen LogP contribution in [0.3, 0.4) is 0 Å². The minimum absolute atomic E-state index is 0.0749. The van der Waals surface area contributed by atoms with Crippen LogP contribution in [0.5, 0.6) is 11.5 Å². The van der Waals surface area contributed by atoms with Crippen molar-refractivity contribution in [1.82, 2.24) is 15.1 Å². The molecule has 33 heavy (non-hydrogen) atoms. The van der Waals surface area contributed by atoms with E-state index in [1.807, 2.05) is 0 Å². The molecule has 13 nitrogen and oxygen atoms in total. The maximum absolute atomic E-state index is 12.2. The molecule has 1 unspecified atom stereocenters. The number of phenols is 2. The van der Waals surface area contributed by atoms with Crippen molar-refractivity contribution in [3.8, 4) is 11.5 Å². The second kappa shape index (κ2) is 9.62. The molecule has 0 spiro atoms. The fourth-order valence-electron chi connectivity index (χ4n) is 3.63. The van der Waals surface area contributed by atoms with Crippen LogP contribution in [0.1, 0.15) is 23.7 Å². The monoisotopic (exact) mass is 485 g/mol. The first kappa shape index (κ1) is 24.3. The molecule has 0 radical (unpaired) electrons. The molecule has 2 saturated heterocycles. The van der Waals surface area contributed by atoms with E-state index >= 15 is 0 Å². The molecule has 2 fully saturated rings. The van der Waals surface area contributed by atoms with Crippen LogP contribution in [-0.4, -0.2) is 101 Å². The Morgan fingerprint density at radius 1 is 1.24 bits per heavy atom. The van der Waals surface area contributed by atoms with Crippen LogP contribution in [0.4, 0.5) is 4.79 Å². The van der Waals surface area contributed by atoms with Crippen LogP contribution in [0.25, 0.3) is 0 Å². The van der Waals surface area contributed by atoms with Crippen LogP contribution >= 0.6 is 0 Å². The van der Waals surface area contributed by atoms with E-state index in [1.54, 1.807) is 6.92 Å². The number of hydrogen-bond acceptors (Lipinski definition) is 8. The van der Waals surface area contributed by atoms with E-state index in [0.29, 0.717) is 0 Å². The Morgan fingerprint density at radius 2 is 1.91 bits per heavy atom. The highest BCUT2D eigenvalue weighted by molar-refractivity contribution is 7.80. The highest BCUT2D eigenvalue weighted by Crippen LogP contribution is 2.26. The van der Waals surface area contributed by atoms with E-state index in [2.05, 4.69) is 5.32 Å². The highest BCUT2D eigenvalue weighted by Gasteiger charge is 2.47. The first-order valence-electron chi connectivity index (χ1n) is 9.87. The van der Waals surface area contributed by atoms with Gasteiger partial charge in [-0.1, -0.05) is 0 Å². The molecule has 2 aliphatic rings. The number of carboxylic acid groups (broad SMARTS) is 1. The van der Waals surface area contributed by atoms with Gasteiger partial charge in [0.15, 0.2) is 22.6 Å². The van der Waals surface area contributed by atoms with Crippen LogP contribution < -0.4 is 5.32 Å². The summed E-state index contributed by atoms with van der Waals surface area (Å²) in [4.78, 5) is 50.0. The number of benzene rings is 1. The Morgan fingerprint density at radius 3 is 2.42 bits per heavy atom. The number of carbonyl (C=O) groups is 4. The highest BCUT2D eigenvalue weighted by atomic mass is 32.2. The van der Waals surface area contributed by atoms with Gasteiger partial charge in [-0.05, 0) is 25.1 Å². The number of ether oxygens (including phenoxy) is 1. The van der Waals surface area contributed by atoms with Crippen LogP contribution in [0, 0.1) is 0 Å². The standard InChI is InChI=1S/C19H23N3O10S/c1-9-4-15(25)22(9)16(18(27)28)14(33(30)31)8-32-19(29)21-6-11(7-21)20-17(26)10-2-3-12(23)13(24)5-10/h2-3,5,9,11,14,16,23-24H,4,6-8H2,1H3,(H,20,26)(H,27,28)(H,30,31)/t9-,14+,16-/m1/s1. The van der Waals surface area contributed by atoms with Crippen molar-refractivity contribution in [2.75, 3.05) is 19.7 Å². The average molecular weight is 485 g/mol. The SMILES string of the molecule is C[C@@H]1CC(=O)N1[C@@H](C(=O)O)[C@H](COC(=O)N1CC(NC(=O)c2ccc(O)c(O)c2)C1)S(=O)O. The summed E-state index contributed by atoms with van der Waals surface area (Å²) in [5.41, 5.74) is 0.106. The van der Waals surface area contributed by atoms with Crippen molar-refractivity contribution in [2.24, 2.45) is 0 Å². The number of aliphatic carboxylic acids is 1. The number of β-lactam (4-membered cyclic amide) rings is 1. The fraction of sp³-hybridized carbons (Fsp3) is 0.474. The number of aromatic hydroxyl groups is 2. The first-order chi connectivity index (χ1) is 15.5. The van der Waals surface area contributed by atoms with Gasteiger partial charge >= 0.3 is 12.1 Å². The van der Waals surface area contributed by atoms with Crippen molar-refractivity contribution in [3.05, 3.63) is 23.8 Å². The normalized spacial score (nSPS) is 20.8. The number of amides is 3. The summed E-state index contributed by atoms with van der Waals surface area (Å²) in [5, 5.41) is 29.3. The molecule has 3 amide bonds. The molecule has 0 saturated carbocycles. The minimum atomic E-state index is -2.69. The molecule has 0 aromatic heterocycles. The van der Waals surface area contributed by atoms with E-state index < -0.39 is 70.7 Å². The summed E-state index contributed by atoms with van der Waals surface area (Å²) in [5.74, 6) is -3.31. The van der Waals surface area contributed by atoms with Crippen molar-refractivity contribution in [3.63, 3.8) is 0 Å². The zero-order valence-corrected chi connectivity index (χ0v) is 18.2. The van der Waals surface area contributed by atoms with Gasteiger partial charge in [0.2, 0.25) is 5.91 Å². The molecule has 3 rings (SSSR count). The van der Waals surface area contributed by atoms with Crippen molar-refractivity contribution < 1.29 is 48.0 Å². The zero-order chi connectivity index (χ0) is 24.4. The summed E-state index contributed by atoms with van der Waals surface area (Å²) in [6.45, 7) is 1.06. The number of rotatable bonds is 8. The predicted molar refractivity (Wildman–Crippen MR) is 111 cm³/mol. The molecule has 1 aromatic carbocycles. The van der Waals surface area contributed by atoms with Gasteiger partial charge in [-0.3, -0.25) is 9.59 Å². The number of phenolic OH excluding ortho intramolecular Hbond substituents is 2. The van der Waals surface area contributed by atoms with Crippen molar-refractivity contribution in [2.45, 2.75) is 36.7 Å². The zero-order valence-electron chi connectivity index (χ0n) is 17.4. The molecule has 2 heterocycles. The lowest BCUT2D eigenvalue weighted by Crippen LogP contribution is -2.64. The third-order valence-electron chi connectivity index (χ3n) is 5.48. The van der Waals surface area contributed by atoms with Gasteiger partial charge in [-0.2, -0.15) is 0 Å². The molecule has 0 aliphatic carbocycles. The summed E-state index contributed by atoms with van der Waals surface area (Å²) in [6, 6.07) is 1.10.